The van der Waals surface area contributed by atoms with E-state index in [9.17, 15) is 0 Å². The summed E-state index contributed by atoms with van der Waals surface area (Å²) in [6.07, 6.45) is 0.888. The molecule has 0 aliphatic heterocycles. The van der Waals surface area contributed by atoms with E-state index < -0.39 is 0 Å². The van der Waals surface area contributed by atoms with E-state index >= 15 is 0 Å². The molecule has 1 unspecified atom stereocenters. The summed E-state index contributed by atoms with van der Waals surface area (Å²) in [6, 6.07) is 0.253. The molecular formula is C14H26BrN3O. The van der Waals surface area contributed by atoms with Gasteiger partial charge in [0.15, 0.2) is 0 Å². The first-order valence-corrected chi connectivity index (χ1v) is 7.68. The standard InChI is InChI=1S/C14H26BrN3O/c1-7-16-12(14(4,5)19-8-2)9-11-13(15)10(3)17-18(11)6/h12,16H,7-9H2,1-6H3. The second kappa shape index (κ2) is 6.86. The molecule has 0 amide bonds. The van der Waals surface area contributed by atoms with Crippen molar-refractivity contribution >= 4 is 15.9 Å². The van der Waals surface area contributed by atoms with Crippen molar-refractivity contribution in [2.24, 2.45) is 7.05 Å². The molecule has 0 aromatic carbocycles. The maximum Gasteiger partial charge on any atom is 0.0782 e. The van der Waals surface area contributed by atoms with Gasteiger partial charge < -0.3 is 10.1 Å². The first-order chi connectivity index (χ1) is 8.83. The molecular weight excluding hydrogens is 306 g/mol. The van der Waals surface area contributed by atoms with Gasteiger partial charge in [0.1, 0.15) is 0 Å². The van der Waals surface area contributed by atoms with Crippen molar-refractivity contribution in [2.75, 3.05) is 13.2 Å². The fourth-order valence-corrected chi connectivity index (χ4v) is 2.88. The largest absolute Gasteiger partial charge is 0.374 e. The normalized spacial score (nSPS) is 13.8. The van der Waals surface area contributed by atoms with Gasteiger partial charge in [-0.05, 0) is 50.2 Å². The maximum absolute atomic E-state index is 5.90. The Balaban J connectivity index is 2.95. The number of nitrogens with one attached hydrogen (secondary N) is 1. The number of aromatic nitrogens is 2. The number of halogens is 1. The molecule has 0 fully saturated rings. The van der Waals surface area contributed by atoms with Crippen LogP contribution in [0.5, 0.6) is 0 Å². The van der Waals surface area contributed by atoms with Gasteiger partial charge in [-0.25, -0.2) is 0 Å². The Morgan fingerprint density at radius 1 is 1.42 bits per heavy atom. The summed E-state index contributed by atoms with van der Waals surface area (Å²) in [5.74, 6) is 0. The first-order valence-electron chi connectivity index (χ1n) is 6.88. The molecule has 0 radical (unpaired) electrons. The molecule has 1 N–H and O–H groups in total. The lowest BCUT2D eigenvalue weighted by Crippen LogP contribution is -2.50. The van der Waals surface area contributed by atoms with Crippen LogP contribution in [0.2, 0.25) is 0 Å². The van der Waals surface area contributed by atoms with Crippen molar-refractivity contribution in [2.45, 2.75) is 52.7 Å². The first kappa shape index (κ1) is 16.7. The topological polar surface area (TPSA) is 39.1 Å². The number of likely N-dealkylation sites (N-methyl/N-ethyl adjacent to an activating group) is 1. The zero-order valence-corrected chi connectivity index (χ0v) is 14.5. The number of rotatable bonds is 7. The van der Waals surface area contributed by atoms with E-state index in [1.165, 1.54) is 5.69 Å². The van der Waals surface area contributed by atoms with E-state index in [2.05, 4.69) is 47.1 Å². The van der Waals surface area contributed by atoms with Crippen LogP contribution in [-0.4, -0.2) is 34.6 Å². The monoisotopic (exact) mass is 331 g/mol. The Morgan fingerprint density at radius 3 is 2.47 bits per heavy atom. The molecule has 5 heteroatoms. The summed E-state index contributed by atoms with van der Waals surface area (Å²) >= 11 is 3.63. The van der Waals surface area contributed by atoms with Crippen LogP contribution in [-0.2, 0) is 18.2 Å². The third-order valence-electron chi connectivity index (χ3n) is 3.47. The lowest BCUT2D eigenvalue weighted by molar-refractivity contribution is -0.0380. The maximum atomic E-state index is 5.90. The van der Waals surface area contributed by atoms with Crippen LogP contribution in [0, 0.1) is 6.92 Å². The molecule has 1 rings (SSSR count). The van der Waals surface area contributed by atoms with Gasteiger partial charge >= 0.3 is 0 Å². The van der Waals surface area contributed by atoms with Gasteiger partial charge in [-0.15, -0.1) is 0 Å². The van der Waals surface area contributed by atoms with Gasteiger partial charge in [0.2, 0.25) is 0 Å². The smallest absolute Gasteiger partial charge is 0.0782 e. The summed E-state index contributed by atoms with van der Waals surface area (Å²) in [6.45, 7) is 12.1. The molecule has 110 valence electrons. The van der Waals surface area contributed by atoms with Gasteiger partial charge in [-0.1, -0.05) is 6.92 Å². The average Bonchev–Trinajstić information content (AvgIpc) is 2.55. The number of hydrogen-bond acceptors (Lipinski definition) is 3. The van der Waals surface area contributed by atoms with E-state index in [1.54, 1.807) is 0 Å². The summed E-state index contributed by atoms with van der Waals surface area (Å²) in [5, 5.41) is 7.99. The Bertz CT molecular complexity index is 415. The Hall–Kier alpha value is -0.390. The van der Waals surface area contributed by atoms with Crippen molar-refractivity contribution in [1.29, 1.82) is 0 Å². The van der Waals surface area contributed by atoms with E-state index in [1.807, 2.05) is 25.6 Å². The zero-order valence-electron chi connectivity index (χ0n) is 12.9. The van der Waals surface area contributed by atoms with Crippen LogP contribution in [0.25, 0.3) is 0 Å². The Morgan fingerprint density at radius 2 is 2.05 bits per heavy atom. The lowest BCUT2D eigenvalue weighted by Gasteiger charge is -2.35. The molecule has 19 heavy (non-hydrogen) atoms. The minimum absolute atomic E-state index is 0.206. The molecule has 0 saturated heterocycles. The van der Waals surface area contributed by atoms with Gasteiger partial charge in [0.05, 0.1) is 21.5 Å². The lowest BCUT2D eigenvalue weighted by atomic mass is 9.94. The highest BCUT2D eigenvalue weighted by Gasteiger charge is 2.31. The summed E-state index contributed by atoms with van der Waals surface area (Å²) in [4.78, 5) is 0. The minimum Gasteiger partial charge on any atom is -0.374 e. The highest BCUT2D eigenvalue weighted by atomic mass is 79.9. The van der Waals surface area contributed by atoms with E-state index in [4.69, 9.17) is 4.74 Å². The Kier molecular flexibility index (Phi) is 6.02. The Labute approximate surface area is 125 Å². The van der Waals surface area contributed by atoms with Crippen LogP contribution >= 0.6 is 15.9 Å². The number of aryl methyl sites for hydroxylation is 2. The molecule has 0 bridgehead atoms. The van der Waals surface area contributed by atoms with Gasteiger partial charge in [-0.3, -0.25) is 4.68 Å². The molecule has 0 saturated carbocycles. The van der Waals surface area contributed by atoms with Crippen LogP contribution in [0.15, 0.2) is 4.47 Å². The predicted molar refractivity (Wildman–Crippen MR) is 82.5 cm³/mol. The molecule has 0 spiro atoms. The van der Waals surface area contributed by atoms with Crippen molar-refractivity contribution in [3.05, 3.63) is 15.9 Å². The van der Waals surface area contributed by atoms with Crippen LogP contribution in [0.4, 0.5) is 0 Å². The van der Waals surface area contributed by atoms with Crippen molar-refractivity contribution in [3.63, 3.8) is 0 Å². The molecule has 1 aromatic rings. The second-order valence-electron chi connectivity index (χ2n) is 5.32. The quantitative estimate of drug-likeness (QED) is 0.835. The van der Waals surface area contributed by atoms with Gasteiger partial charge in [-0.2, -0.15) is 5.10 Å². The minimum atomic E-state index is -0.206. The van der Waals surface area contributed by atoms with E-state index in [0.717, 1.165) is 29.7 Å². The van der Waals surface area contributed by atoms with Crippen molar-refractivity contribution in [1.82, 2.24) is 15.1 Å². The summed E-state index contributed by atoms with van der Waals surface area (Å²) in [7, 11) is 1.99. The summed E-state index contributed by atoms with van der Waals surface area (Å²) < 4.78 is 8.95. The third kappa shape index (κ3) is 4.04. The SMILES string of the molecule is CCNC(Cc1c(Br)c(C)nn1C)C(C)(C)OCC. The van der Waals surface area contributed by atoms with Crippen molar-refractivity contribution in [3.8, 4) is 0 Å². The number of ether oxygens (including phenoxy) is 1. The third-order valence-corrected chi connectivity index (χ3v) is 4.50. The van der Waals surface area contributed by atoms with E-state index in [0.29, 0.717) is 0 Å². The van der Waals surface area contributed by atoms with Gasteiger partial charge in [0, 0.05) is 26.1 Å². The molecule has 1 aromatic heterocycles. The highest BCUT2D eigenvalue weighted by molar-refractivity contribution is 9.10. The number of nitrogens with zero attached hydrogens (tertiary/aromatic N) is 2. The second-order valence-corrected chi connectivity index (χ2v) is 6.11. The van der Waals surface area contributed by atoms with Crippen LogP contribution in [0.3, 0.4) is 0 Å². The van der Waals surface area contributed by atoms with E-state index in [-0.39, 0.29) is 11.6 Å². The van der Waals surface area contributed by atoms with Crippen molar-refractivity contribution < 1.29 is 4.74 Å². The number of hydrogen-bond donors (Lipinski definition) is 1. The molecule has 1 heterocycles. The molecule has 0 aliphatic carbocycles. The molecule has 4 nitrogen and oxygen atoms in total. The molecule has 0 aliphatic rings. The fraction of sp³-hybridized carbons (Fsp3) is 0.786. The fourth-order valence-electron chi connectivity index (χ4n) is 2.38. The highest BCUT2D eigenvalue weighted by Crippen LogP contribution is 2.25. The van der Waals surface area contributed by atoms with Crippen LogP contribution in [0.1, 0.15) is 39.1 Å². The summed E-state index contributed by atoms with van der Waals surface area (Å²) in [5.41, 5.74) is 2.03. The average molecular weight is 332 g/mol. The van der Waals surface area contributed by atoms with Crippen LogP contribution < -0.4 is 5.32 Å². The molecule has 1 atom stereocenters. The van der Waals surface area contributed by atoms with Gasteiger partial charge in [0.25, 0.3) is 0 Å². The zero-order chi connectivity index (χ0) is 14.6. The predicted octanol–water partition coefficient (Wildman–Crippen LogP) is 2.83.